The molecule has 2 rings (SSSR count). The van der Waals surface area contributed by atoms with Crippen molar-refractivity contribution in [1.82, 2.24) is 20.4 Å². The second kappa shape index (κ2) is 5.93. The van der Waals surface area contributed by atoms with Crippen molar-refractivity contribution < 1.29 is 14.4 Å². The maximum Gasteiger partial charge on any atom is 0.262 e. The summed E-state index contributed by atoms with van der Waals surface area (Å²) >= 11 is 1.03. The zero-order valence-corrected chi connectivity index (χ0v) is 12.6. The average molecular weight is 323 g/mol. The molecule has 0 radical (unpaired) electrons. The molecular weight excluding hydrogens is 310 g/mol. The number of amides is 3. The first kappa shape index (κ1) is 15.6. The van der Waals surface area contributed by atoms with Crippen molar-refractivity contribution in [3.05, 3.63) is 27.1 Å². The van der Waals surface area contributed by atoms with Crippen LogP contribution in [0.4, 0.5) is 0 Å². The lowest BCUT2D eigenvalue weighted by atomic mass is 10.2. The van der Waals surface area contributed by atoms with Gasteiger partial charge < -0.3 is 5.73 Å². The van der Waals surface area contributed by atoms with Crippen LogP contribution in [0.2, 0.25) is 0 Å². The van der Waals surface area contributed by atoms with Crippen LogP contribution < -0.4 is 22.1 Å². The van der Waals surface area contributed by atoms with Crippen molar-refractivity contribution in [3.8, 4) is 0 Å². The third kappa shape index (κ3) is 2.96. The fourth-order valence-electron chi connectivity index (χ4n) is 1.86. The van der Waals surface area contributed by atoms with Gasteiger partial charge in [0.2, 0.25) is 5.91 Å². The molecule has 0 aliphatic heterocycles. The molecule has 0 fully saturated rings. The standard InChI is InChI=1S/C12H13N5O4S/c1-5-8-11(22-9(5)10(13)20)14-4-17(12(8)21)3-7(19)16-15-6(2)18/h4H,3H2,1-2H3,(H2,13,20)(H,15,18)(H,16,19). The zero-order valence-electron chi connectivity index (χ0n) is 11.8. The van der Waals surface area contributed by atoms with E-state index < -0.39 is 23.3 Å². The van der Waals surface area contributed by atoms with E-state index in [1.807, 2.05) is 0 Å². The number of aryl methyl sites for hydroxylation is 1. The van der Waals surface area contributed by atoms with E-state index >= 15 is 0 Å². The molecule has 0 aromatic carbocycles. The Morgan fingerprint density at radius 1 is 1.36 bits per heavy atom. The molecule has 0 spiro atoms. The minimum Gasteiger partial charge on any atom is -0.365 e. The summed E-state index contributed by atoms with van der Waals surface area (Å²) in [4.78, 5) is 50.7. The lowest BCUT2D eigenvalue weighted by molar-refractivity contribution is -0.128. The maximum atomic E-state index is 12.4. The van der Waals surface area contributed by atoms with E-state index in [1.54, 1.807) is 6.92 Å². The van der Waals surface area contributed by atoms with Gasteiger partial charge in [-0.3, -0.25) is 34.6 Å². The molecule has 0 bridgehead atoms. The first-order chi connectivity index (χ1) is 10.3. The monoisotopic (exact) mass is 323 g/mol. The molecule has 0 aliphatic carbocycles. The van der Waals surface area contributed by atoms with Gasteiger partial charge in [-0.2, -0.15) is 0 Å². The van der Waals surface area contributed by atoms with Gasteiger partial charge in [0.1, 0.15) is 11.4 Å². The highest BCUT2D eigenvalue weighted by Gasteiger charge is 2.18. The predicted octanol–water partition coefficient (Wildman–Crippen LogP) is -0.967. The van der Waals surface area contributed by atoms with Crippen molar-refractivity contribution in [3.63, 3.8) is 0 Å². The first-order valence-electron chi connectivity index (χ1n) is 6.15. The van der Waals surface area contributed by atoms with E-state index in [2.05, 4.69) is 15.8 Å². The largest absolute Gasteiger partial charge is 0.365 e. The first-order valence-corrected chi connectivity index (χ1v) is 6.96. The van der Waals surface area contributed by atoms with E-state index in [0.29, 0.717) is 10.4 Å². The van der Waals surface area contributed by atoms with Gasteiger partial charge in [-0.15, -0.1) is 11.3 Å². The number of hydrogen-bond donors (Lipinski definition) is 3. The van der Waals surface area contributed by atoms with E-state index in [-0.39, 0.29) is 16.8 Å². The summed E-state index contributed by atoms with van der Waals surface area (Å²) in [5, 5.41) is 0.258. The highest BCUT2D eigenvalue weighted by molar-refractivity contribution is 7.20. The minimum atomic E-state index is -0.630. The molecule has 2 aromatic heterocycles. The van der Waals surface area contributed by atoms with Crippen molar-refractivity contribution >= 4 is 39.3 Å². The van der Waals surface area contributed by atoms with Crippen LogP contribution >= 0.6 is 11.3 Å². The van der Waals surface area contributed by atoms with Gasteiger partial charge in [0, 0.05) is 6.92 Å². The van der Waals surface area contributed by atoms with Gasteiger partial charge in [0.15, 0.2) is 0 Å². The molecule has 3 amide bonds. The number of primary amides is 1. The van der Waals surface area contributed by atoms with Gasteiger partial charge in [0.05, 0.1) is 16.6 Å². The van der Waals surface area contributed by atoms with E-state index in [4.69, 9.17) is 5.73 Å². The van der Waals surface area contributed by atoms with Crippen LogP contribution in [0.3, 0.4) is 0 Å². The van der Waals surface area contributed by atoms with Gasteiger partial charge in [-0.05, 0) is 12.5 Å². The number of nitrogens with two attached hydrogens (primary N) is 1. The normalized spacial score (nSPS) is 10.5. The lowest BCUT2D eigenvalue weighted by Gasteiger charge is -2.07. The predicted molar refractivity (Wildman–Crippen MR) is 79.1 cm³/mol. The molecule has 0 saturated carbocycles. The number of hydrogen-bond acceptors (Lipinski definition) is 6. The van der Waals surface area contributed by atoms with Crippen molar-refractivity contribution in [2.45, 2.75) is 20.4 Å². The molecule has 22 heavy (non-hydrogen) atoms. The van der Waals surface area contributed by atoms with Crippen LogP contribution in [0.15, 0.2) is 11.1 Å². The number of nitrogens with zero attached hydrogens (tertiary/aromatic N) is 2. The van der Waals surface area contributed by atoms with Crippen LogP contribution in [0.1, 0.15) is 22.2 Å². The number of aromatic nitrogens is 2. The summed E-state index contributed by atoms with van der Waals surface area (Å²) in [5.74, 6) is -1.65. The number of thiophene rings is 1. The highest BCUT2D eigenvalue weighted by Crippen LogP contribution is 2.26. The third-order valence-electron chi connectivity index (χ3n) is 2.83. The Kier molecular flexibility index (Phi) is 4.22. The Hall–Kier alpha value is -2.75. The van der Waals surface area contributed by atoms with Crippen molar-refractivity contribution in [2.24, 2.45) is 5.73 Å². The summed E-state index contributed by atoms with van der Waals surface area (Å²) in [6, 6.07) is 0. The quantitative estimate of drug-likeness (QED) is 0.624. The van der Waals surface area contributed by atoms with Gasteiger partial charge >= 0.3 is 0 Å². The van der Waals surface area contributed by atoms with E-state index in [9.17, 15) is 19.2 Å². The molecule has 0 atom stereocenters. The smallest absolute Gasteiger partial charge is 0.262 e. The summed E-state index contributed by atoms with van der Waals surface area (Å²) < 4.78 is 1.09. The zero-order chi connectivity index (χ0) is 16.4. The molecule has 9 nitrogen and oxygen atoms in total. The molecule has 0 aliphatic rings. The molecule has 4 N–H and O–H groups in total. The Morgan fingerprint density at radius 2 is 2.05 bits per heavy atom. The van der Waals surface area contributed by atoms with Crippen LogP contribution in [0, 0.1) is 6.92 Å². The second-order valence-electron chi connectivity index (χ2n) is 4.51. The van der Waals surface area contributed by atoms with E-state index in [1.165, 1.54) is 13.3 Å². The SMILES string of the molecule is CC(=O)NNC(=O)Cn1cnc2sc(C(N)=O)c(C)c2c1=O. The van der Waals surface area contributed by atoms with Crippen molar-refractivity contribution in [1.29, 1.82) is 0 Å². The fraction of sp³-hybridized carbons (Fsp3) is 0.250. The van der Waals surface area contributed by atoms with E-state index in [0.717, 1.165) is 15.9 Å². The lowest BCUT2D eigenvalue weighted by Crippen LogP contribution is -2.43. The molecule has 2 heterocycles. The molecular formula is C12H13N5O4S. The summed E-state index contributed by atoms with van der Waals surface area (Å²) in [6.07, 6.45) is 1.21. The maximum absolute atomic E-state index is 12.4. The summed E-state index contributed by atoms with van der Waals surface area (Å²) in [5.41, 5.74) is 9.50. The Morgan fingerprint density at radius 3 is 2.64 bits per heavy atom. The van der Waals surface area contributed by atoms with Crippen LogP contribution in [-0.4, -0.2) is 27.3 Å². The van der Waals surface area contributed by atoms with Crippen LogP contribution in [-0.2, 0) is 16.1 Å². The average Bonchev–Trinajstić information content (AvgIpc) is 2.78. The number of rotatable bonds is 3. The highest BCUT2D eigenvalue weighted by atomic mass is 32.1. The van der Waals surface area contributed by atoms with Gasteiger partial charge in [0.25, 0.3) is 17.4 Å². The Bertz CT molecular complexity index is 838. The number of fused-ring (bicyclic) bond motifs is 1. The third-order valence-corrected chi connectivity index (χ3v) is 4.05. The molecule has 0 unspecified atom stereocenters. The number of carbonyl (C=O) groups excluding carboxylic acids is 3. The van der Waals surface area contributed by atoms with Gasteiger partial charge in [-0.1, -0.05) is 0 Å². The fourth-order valence-corrected chi connectivity index (χ4v) is 2.85. The number of carbonyl (C=O) groups is 3. The molecule has 0 saturated heterocycles. The topological polar surface area (TPSA) is 136 Å². The Balaban J connectivity index is 2.37. The molecule has 10 heteroatoms. The van der Waals surface area contributed by atoms with Crippen molar-refractivity contribution in [2.75, 3.05) is 0 Å². The minimum absolute atomic E-state index is 0.258. The summed E-state index contributed by atoms with van der Waals surface area (Å²) in [6.45, 7) is 2.52. The van der Waals surface area contributed by atoms with Crippen LogP contribution in [0.25, 0.3) is 10.2 Å². The number of hydrazine groups is 1. The second-order valence-corrected chi connectivity index (χ2v) is 5.51. The molecule has 116 valence electrons. The van der Waals surface area contributed by atoms with Crippen LogP contribution in [0.5, 0.6) is 0 Å². The summed E-state index contributed by atoms with van der Waals surface area (Å²) in [7, 11) is 0. The van der Waals surface area contributed by atoms with Gasteiger partial charge in [-0.25, -0.2) is 4.98 Å². The number of nitrogens with one attached hydrogen (secondary N) is 2. The Labute approximate surface area is 128 Å². The molecule has 2 aromatic rings.